The molecule has 0 saturated heterocycles. The Morgan fingerprint density at radius 3 is 1.56 bits per heavy atom. The van der Waals surface area contributed by atoms with Gasteiger partial charge in [-0.05, 0) is 106 Å². The first kappa shape index (κ1) is 27.9. The van der Waals surface area contributed by atoms with Crippen LogP contribution in [0, 0.1) is 0 Å². The van der Waals surface area contributed by atoms with E-state index in [1.165, 1.54) is 102 Å². The molecule has 0 saturated carbocycles. The highest BCUT2D eigenvalue weighted by molar-refractivity contribution is 8.24. The summed E-state index contributed by atoms with van der Waals surface area (Å²) in [4.78, 5) is 4.29. The van der Waals surface area contributed by atoms with E-state index in [-0.39, 0.29) is 10.5 Å². The number of rotatable bonds is 3. The van der Waals surface area contributed by atoms with Crippen molar-refractivity contribution in [2.75, 3.05) is 0 Å². The van der Waals surface area contributed by atoms with Crippen molar-refractivity contribution in [1.29, 1.82) is 0 Å². The predicted octanol–water partition coefficient (Wildman–Crippen LogP) is 13.6. The molecule has 0 spiro atoms. The second-order valence-electron chi connectivity index (χ2n) is 13.4. The molecule has 2 aliphatic rings. The maximum absolute atomic E-state index is 2.44. The monoisotopic (exact) mass is 650 g/mol. The molecule has 2 aliphatic heterocycles. The molecule has 0 radical (unpaired) electrons. The summed E-state index contributed by atoms with van der Waals surface area (Å²) < 4.78 is 0. The molecule has 9 aromatic rings. The predicted molar refractivity (Wildman–Crippen MR) is 218 cm³/mol. The molecular formula is C49H30S. The summed E-state index contributed by atoms with van der Waals surface area (Å²) >= 11 is 0. The number of allylic oxidation sites excluding steroid dienone is 3. The van der Waals surface area contributed by atoms with Crippen LogP contribution in [0.3, 0.4) is 0 Å². The molecule has 1 atom stereocenters. The minimum Gasteiger partial charge on any atom is -0.114 e. The van der Waals surface area contributed by atoms with Gasteiger partial charge in [-0.3, -0.25) is 0 Å². The molecule has 9 aromatic carbocycles. The van der Waals surface area contributed by atoms with Gasteiger partial charge >= 0.3 is 0 Å². The minimum atomic E-state index is -0.125. The van der Waals surface area contributed by atoms with Gasteiger partial charge in [0.15, 0.2) is 0 Å². The second-order valence-corrected chi connectivity index (χ2v) is 15.3. The SMILES string of the molecule is C1=CC2=S(C(c3ccc(-c4ccc(-c5ccc6c7ccccc7c7ccccc7c6c5)cc4)cc3)=C1)c1cc3ccccc3c3cccc2c13. The maximum atomic E-state index is 2.44. The Labute approximate surface area is 293 Å². The third-order valence-corrected chi connectivity index (χ3v) is 13.1. The highest BCUT2D eigenvalue weighted by atomic mass is 32.2. The van der Waals surface area contributed by atoms with Crippen LogP contribution in [0.2, 0.25) is 0 Å². The normalized spacial score (nSPS) is 15.0. The Balaban J connectivity index is 0.939. The van der Waals surface area contributed by atoms with Gasteiger partial charge in [-0.15, -0.1) is 10.5 Å². The molecule has 0 N–H and O–H groups in total. The Morgan fingerprint density at radius 1 is 0.360 bits per heavy atom. The Hall–Kier alpha value is -6.02. The van der Waals surface area contributed by atoms with E-state index in [1.54, 1.807) is 0 Å². The van der Waals surface area contributed by atoms with E-state index in [0.717, 1.165) is 0 Å². The van der Waals surface area contributed by atoms with Crippen LogP contribution in [0.1, 0.15) is 11.1 Å². The van der Waals surface area contributed by atoms with Crippen molar-refractivity contribution in [2.24, 2.45) is 0 Å². The van der Waals surface area contributed by atoms with Gasteiger partial charge in [0.25, 0.3) is 0 Å². The van der Waals surface area contributed by atoms with Gasteiger partial charge in [-0.1, -0.05) is 158 Å². The van der Waals surface area contributed by atoms with Crippen molar-refractivity contribution < 1.29 is 0 Å². The summed E-state index contributed by atoms with van der Waals surface area (Å²) in [6.45, 7) is 0. The molecular weight excluding hydrogens is 621 g/mol. The van der Waals surface area contributed by atoms with Gasteiger partial charge in [0, 0.05) is 20.1 Å². The van der Waals surface area contributed by atoms with Gasteiger partial charge in [-0.25, -0.2) is 0 Å². The number of hydrogen-bond acceptors (Lipinski definition) is 0. The highest BCUT2D eigenvalue weighted by Crippen LogP contribution is 2.54. The fraction of sp³-hybridized carbons (Fsp3) is 0. The van der Waals surface area contributed by atoms with Crippen molar-refractivity contribution in [1.82, 2.24) is 0 Å². The lowest BCUT2D eigenvalue weighted by Crippen LogP contribution is -1.97. The van der Waals surface area contributed by atoms with Crippen molar-refractivity contribution in [3.63, 3.8) is 0 Å². The van der Waals surface area contributed by atoms with E-state index >= 15 is 0 Å². The zero-order valence-corrected chi connectivity index (χ0v) is 28.0. The maximum Gasteiger partial charge on any atom is 0.0160 e. The number of fused-ring (bicyclic) bond motifs is 10. The summed E-state index contributed by atoms with van der Waals surface area (Å²) in [5.74, 6) is 0. The van der Waals surface area contributed by atoms with Crippen LogP contribution in [0.25, 0.3) is 81.0 Å². The molecule has 1 heteroatoms. The van der Waals surface area contributed by atoms with Gasteiger partial charge < -0.3 is 0 Å². The summed E-state index contributed by atoms with van der Waals surface area (Å²) in [6, 6.07) is 60.9. The second kappa shape index (κ2) is 10.7. The van der Waals surface area contributed by atoms with E-state index in [4.69, 9.17) is 0 Å². The molecule has 2 heterocycles. The number of hydrogen-bond donors (Lipinski definition) is 0. The van der Waals surface area contributed by atoms with E-state index < -0.39 is 0 Å². The Kier molecular flexibility index (Phi) is 5.99. The minimum absolute atomic E-state index is 0.125. The van der Waals surface area contributed by atoms with Crippen molar-refractivity contribution in [3.05, 3.63) is 193 Å². The van der Waals surface area contributed by atoms with Crippen LogP contribution in [-0.4, -0.2) is 4.86 Å². The van der Waals surface area contributed by atoms with Crippen LogP contribution in [0.15, 0.2) is 187 Å². The average Bonchev–Trinajstić information content (AvgIpc) is 3.52. The highest BCUT2D eigenvalue weighted by Gasteiger charge is 2.27. The lowest BCUT2D eigenvalue weighted by atomic mass is 9.92. The average molecular weight is 651 g/mol. The standard InChI is InChI=1S/C49H30S/c1-2-10-37-36(9-1)30-48-49-43(37)15-7-16-44(49)47-18-8-17-46(50(47)48)34-25-23-32(24-26-34)31-19-21-33(22-20-31)35-27-28-42-40-13-4-3-11-38(40)39-12-5-6-14-41(39)45(42)29-35/h1-30H. The molecule has 0 aliphatic carbocycles. The quantitative estimate of drug-likeness (QED) is 0.132. The van der Waals surface area contributed by atoms with Gasteiger partial charge in [0.2, 0.25) is 0 Å². The van der Waals surface area contributed by atoms with Crippen LogP contribution in [-0.2, 0) is 0 Å². The topological polar surface area (TPSA) is 0 Å². The van der Waals surface area contributed by atoms with E-state index in [9.17, 15) is 0 Å². The lowest BCUT2D eigenvalue weighted by Gasteiger charge is -2.18. The third kappa shape index (κ3) is 4.05. The van der Waals surface area contributed by atoms with Gasteiger partial charge in [-0.2, -0.15) is 0 Å². The van der Waals surface area contributed by atoms with Crippen molar-refractivity contribution in [3.8, 4) is 22.3 Å². The van der Waals surface area contributed by atoms with Crippen LogP contribution in [0.5, 0.6) is 0 Å². The van der Waals surface area contributed by atoms with Crippen LogP contribution in [0.4, 0.5) is 0 Å². The molecule has 1 unspecified atom stereocenters. The fourth-order valence-corrected chi connectivity index (χ4v) is 11.0. The molecule has 11 rings (SSSR count). The van der Waals surface area contributed by atoms with Crippen LogP contribution < -0.4 is 0 Å². The third-order valence-electron chi connectivity index (χ3n) is 10.7. The summed E-state index contributed by atoms with van der Waals surface area (Å²) in [7, 11) is -0.125. The fourth-order valence-electron chi connectivity index (χ4n) is 8.39. The Morgan fingerprint density at radius 2 is 0.880 bits per heavy atom. The molecule has 0 bridgehead atoms. The summed E-state index contributed by atoms with van der Waals surface area (Å²) in [5.41, 5.74) is 7.62. The smallest absolute Gasteiger partial charge is 0.0160 e. The van der Waals surface area contributed by atoms with Gasteiger partial charge in [0.1, 0.15) is 0 Å². The lowest BCUT2D eigenvalue weighted by molar-refractivity contribution is 1.57. The molecule has 0 amide bonds. The summed E-state index contributed by atoms with van der Waals surface area (Å²) in [5, 5.41) is 13.3. The molecule has 0 fully saturated rings. The number of benzene rings is 9. The first-order valence-electron chi connectivity index (χ1n) is 17.3. The Bertz CT molecular complexity index is 2960. The van der Waals surface area contributed by atoms with E-state index in [1.807, 2.05) is 0 Å². The van der Waals surface area contributed by atoms with E-state index in [0.29, 0.717) is 0 Å². The van der Waals surface area contributed by atoms with Gasteiger partial charge in [0.05, 0.1) is 0 Å². The molecule has 0 nitrogen and oxygen atoms in total. The molecule has 232 valence electrons. The van der Waals surface area contributed by atoms with Crippen LogP contribution >= 0.6 is 10.5 Å². The van der Waals surface area contributed by atoms with Crippen molar-refractivity contribution in [2.45, 2.75) is 4.90 Å². The summed E-state index contributed by atoms with van der Waals surface area (Å²) in [6.07, 6.45) is 6.91. The largest absolute Gasteiger partial charge is 0.114 e. The molecule has 0 aromatic heterocycles. The zero-order chi connectivity index (χ0) is 32.8. The van der Waals surface area contributed by atoms with Crippen molar-refractivity contribution >= 4 is 74.1 Å². The first-order chi connectivity index (χ1) is 24.8. The molecule has 50 heavy (non-hydrogen) atoms. The zero-order valence-electron chi connectivity index (χ0n) is 27.2. The first-order valence-corrected chi connectivity index (χ1v) is 18.5. The van der Waals surface area contributed by atoms with E-state index in [2.05, 4.69) is 182 Å².